The Hall–Kier alpha value is -0.240. The Bertz CT molecular complexity index is 118. The van der Waals surface area contributed by atoms with Crippen LogP contribution in [-0.2, 0) is 14.3 Å². The molecule has 1 saturated heterocycles. The maximum absolute atomic E-state index is 5.24. The maximum atomic E-state index is 5.24. The molecular weight excluding hydrogens is 138 g/mol. The third-order valence-electron chi connectivity index (χ3n) is 1.13. The molecule has 10 heavy (non-hydrogen) atoms. The zero-order chi connectivity index (χ0) is 7.61. The molecule has 1 atom stereocenters. The molecule has 1 heterocycles. The van der Waals surface area contributed by atoms with Crippen LogP contribution in [0, 0.1) is 0 Å². The van der Waals surface area contributed by atoms with Crippen molar-refractivity contribution in [2.24, 2.45) is 17.4 Å². The Balaban J connectivity index is 2.29. The molecule has 0 spiro atoms. The zero-order valence-corrected chi connectivity index (χ0v) is 5.45. The molecule has 6 N–H and O–H groups in total. The third-order valence-corrected chi connectivity index (χ3v) is 1.13. The molecule has 0 saturated carbocycles. The molecule has 1 rings (SSSR count). The normalized spacial score (nSPS) is 30.9. The summed E-state index contributed by atoms with van der Waals surface area (Å²) in [6, 6.07) is -1.47. The fourth-order valence-corrected chi connectivity index (χ4v) is 0.741. The van der Waals surface area contributed by atoms with E-state index in [0.717, 1.165) is 0 Å². The highest BCUT2D eigenvalue weighted by Gasteiger charge is 2.34. The lowest BCUT2D eigenvalue weighted by Crippen LogP contribution is -2.50. The van der Waals surface area contributed by atoms with E-state index < -0.39 is 6.03 Å². The first-order valence-corrected chi connectivity index (χ1v) is 2.85. The number of rotatable bonds is 2. The number of nitrogens with two attached hydrogens (primary N) is 3. The van der Waals surface area contributed by atoms with Crippen molar-refractivity contribution in [2.75, 3.05) is 13.2 Å². The van der Waals surface area contributed by atoms with E-state index in [9.17, 15) is 0 Å². The van der Waals surface area contributed by atoms with E-state index in [-0.39, 0.29) is 12.7 Å². The summed E-state index contributed by atoms with van der Waals surface area (Å²) in [5.74, 6) is 4.78. The van der Waals surface area contributed by atoms with Gasteiger partial charge in [0.2, 0.25) is 0 Å². The lowest BCUT2D eigenvalue weighted by molar-refractivity contribution is -0.164. The first-order valence-electron chi connectivity index (χ1n) is 2.85. The molecule has 0 aromatic rings. The fourth-order valence-electron chi connectivity index (χ4n) is 0.741. The maximum Gasteiger partial charge on any atom is 0.287 e. The molecule has 1 aliphatic rings. The van der Waals surface area contributed by atoms with E-state index in [1.807, 2.05) is 0 Å². The highest BCUT2D eigenvalue weighted by molar-refractivity contribution is 4.67. The summed E-state index contributed by atoms with van der Waals surface area (Å²) < 4.78 is 9.72. The summed E-state index contributed by atoms with van der Waals surface area (Å²) in [6.07, 6.45) is -0.264. The van der Waals surface area contributed by atoms with Crippen molar-refractivity contribution in [3.63, 3.8) is 0 Å². The van der Waals surface area contributed by atoms with Gasteiger partial charge in [-0.3, -0.25) is 11.5 Å². The Labute approximate surface area is 58.1 Å². The van der Waals surface area contributed by atoms with E-state index in [1.165, 1.54) is 0 Å². The van der Waals surface area contributed by atoms with Gasteiger partial charge in [0.15, 0.2) is 0 Å². The van der Waals surface area contributed by atoms with Crippen molar-refractivity contribution in [2.45, 2.75) is 12.1 Å². The molecule has 6 nitrogen and oxygen atoms in total. The van der Waals surface area contributed by atoms with Crippen LogP contribution in [0.1, 0.15) is 0 Å². The average Bonchev–Trinajstić information content (AvgIpc) is 2.12. The topological polar surface area (TPSA) is 106 Å². The monoisotopic (exact) mass is 149 g/mol. The van der Waals surface area contributed by atoms with Gasteiger partial charge in [-0.1, -0.05) is 0 Å². The molecule has 0 amide bonds. The Kier molecular flexibility index (Phi) is 2.19. The van der Waals surface area contributed by atoms with Gasteiger partial charge < -0.3 is 14.3 Å². The first kappa shape index (κ1) is 7.86. The second-order valence-corrected chi connectivity index (χ2v) is 2.11. The largest absolute Gasteiger partial charge is 0.322 e. The minimum absolute atomic E-state index is 0.232. The molecule has 6 heteroatoms. The van der Waals surface area contributed by atoms with Crippen LogP contribution in [0.5, 0.6) is 0 Å². The fraction of sp³-hybridized carbons (Fsp3) is 1.00. The third kappa shape index (κ3) is 1.87. The Morgan fingerprint density at radius 1 is 1.60 bits per heavy atom. The lowest BCUT2D eigenvalue weighted by Gasteiger charge is -2.15. The van der Waals surface area contributed by atoms with Gasteiger partial charge in [-0.2, -0.15) is 0 Å². The molecule has 0 aromatic heterocycles. The van der Waals surface area contributed by atoms with E-state index in [1.54, 1.807) is 0 Å². The molecule has 1 unspecified atom stereocenters. The van der Waals surface area contributed by atoms with Crippen LogP contribution in [-0.4, -0.2) is 25.4 Å². The Morgan fingerprint density at radius 3 is 2.70 bits per heavy atom. The molecule has 1 fully saturated rings. The van der Waals surface area contributed by atoms with Crippen LogP contribution >= 0.6 is 0 Å². The molecular formula is C4H11N3O3. The predicted octanol–water partition coefficient (Wildman–Crippen LogP) is -2.18. The number of hydrogen-bond acceptors (Lipinski definition) is 6. The van der Waals surface area contributed by atoms with Crippen LogP contribution in [0.3, 0.4) is 0 Å². The van der Waals surface area contributed by atoms with Crippen molar-refractivity contribution in [1.82, 2.24) is 0 Å². The second-order valence-electron chi connectivity index (χ2n) is 2.11. The van der Waals surface area contributed by atoms with Crippen molar-refractivity contribution < 1.29 is 14.3 Å². The van der Waals surface area contributed by atoms with Gasteiger partial charge in [0, 0.05) is 0 Å². The smallest absolute Gasteiger partial charge is 0.287 e. The van der Waals surface area contributed by atoms with E-state index in [0.29, 0.717) is 6.61 Å². The molecule has 0 aliphatic carbocycles. The molecule has 60 valence electrons. The summed E-state index contributed by atoms with van der Waals surface area (Å²) in [5, 5.41) is 0. The first-order chi connectivity index (χ1) is 4.64. The predicted molar refractivity (Wildman–Crippen MR) is 32.1 cm³/mol. The number of ether oxygens (including phenoxy) is 2. The quantitative estimate of drug-likeness (QED) is 0.304. The standard InChI is InChI=1S/C4H11N3O3/c5-4(6)8-1-3(10-4)2-9-7/h3H,1-2,5-7H2. The van der Waals surface area contributed by atoms with Gasteiger partial charge >= 0.3 is 0 Å². The van der Waals surface area contributed by atoms with Crippen molar-refractivity contribution >= 4 is 0 Å². The van der Waals surface area contributed by atoms with E-state index in [4.69, 9.17) is 26.8 Å². The van der Waals surface area contributed by atoms with Crippen molar-refractivity contribution in [1.29, 1.82) is 0 Å². The van der Waals surface area contributed by atoms with Crippen LogP contribution in [0.15, 0.2) is 0 Å². The highest BCUT2D eigenvalue weighted by Crippen LogP contribution is 2.12. The van der Waals surface area contributed by atoms with E-state index in [2.05, 4.69) is 4.84 Å². The van der Waals surface area contributed by atoms with Gasteiger partial charge in [0.05, 0.1) is 13.2 Å². The molecule has 0 aromatic carbocycles. The van der Waals surface area contributed by atoms with Crippen LogP contribution in [0.2, 0.25) is 0 Å². The Morgan fingerprint density at radius 2 is 2.30 bits per heavy atom. The summed E-state index contributed by atoms with van der Waals surface area (Å²) in [6.45, 7) is 0.542. The van der Waals surface area contributed by atoms with Gasteiger partial charge in [-0.15, -0.1) is 0 Å². The van der Waals surface area contributed by atoms with Gasteiger partial charge in [-0.05, 0) is 0 Å². The minimum atomic E-state index is -1.47. The SMILES string of the molecule is NOCC1COC(N)(N)O1. The summed E-state index contributed by atoms with van der Waals surface area (Å²) in [4.78, 5) is 4.30. The average molecular weight is 149 g/mol. The zero-order valence-electron chi connectivity index (χ0n) is 5.45. The summed E-state index contributed by atoms with van der Waals surface area (Å²) in [5.41, 5.74) is 10.5. The van der Waals surface area contributed by atoms with Crippen LogP contribution < -0.4 is 17.4 Å². The molecule has 0 bridgehead atoms. The molecule has 1 aliphatic heterocycles. The molecule has 0 radical (unpaired) electrons. The lowest BCUT2D eigenvalue weighted by atomic mass is 10.4. The van der Waals surface area contributed by atoms with Crippen molar-refractivity contribution in [3.8, 4) is 0 Å². The second kappa shape index (κ2) is 2.79. The van der Waals surface area contributed by atoms with Gasteiger partial charge in [0.1, 0.15) is 6.10 Å². The van der Waals surface area contributed by atoms with Crippen LogP contribution in [0.4, 0.5) is 0 Å². The summed E-state index contributed by atoms with van der Waals surface area (Å²) in [7, 11) is 0. The van der Waals surface area contributed by atoms with Gasteiger partial charge in [0.25, 0.3) is 6.03 Å². The number of hydrogen-bond donors (Lipinski definition) is 3. The highest BCUT2D eigenvalue weighted by atomic mass is 16.8. The minimum Gasteiger partial charge on any atom is -0.322 e. The van der Waals surface area contributed by atoms with Gasteiger partial charge in [-0.25, -0.2) is 5.90 Å². The van der Waals surface area contributed by atoms with E-state index >= 15 is 0 Å². The van der Waals surface area contributed by atoms with Crippen molar-refractivity contribution in [3.05, 3.63) is 0 Å². The summed E-state index contributed by atoms with van der Waals surface area (Å²) >= 11 is 0. The van der Waals surface area contributed by atoms with Crippen LogP contribution in [0.25, 0.3) is 0 Å².